The first-order valence-electron chi connectivity index (χ1n) is 4.44. The molecule has 0 aliphatic heterocycles. The van der Waals surface area contributed by atoms with Crippen LogP contribution in [0, 0.1) is 0 Å². The fourth-order valence-electron chi connectivity index (χ4n) is 1.05. The number of rotatable bonds is 4. The van der Waals surface area contributed by atoms with E-state index in [9.17, 15) is 9.00 Å². The highest BCUT2D eigenvalue weighted by molar-refractivity contribution is 9.10. The third-order valence-corrected chi connectivity index (χ3v) is 3.26. The molecule has 0 heterocycles. The molecule has 5 heteroatoms. The molecule has 0 aliphatic rings. The maximum atomic E-state index is 11.6. The number of hydrogen-bond donors (Lipinski definition) is 1. The van der Waals surface area contributed by atoms with Gasteiger partial charge in [-0.3, -0.25) is 9.00 Å². The van der Waals surface area contributed by atoms with Gasteiger partial charge in [0.2, 0.25) is 0 Å². The first-order chi connectivity index (χ1) is 7.11. The predicted molar refractivity (Wildman–Crippen MR) is 65.4 cm³/mol. The molecule has 82 valence electrons. The molecule has 0 fully saturated rings. The Kier molecular flexibility index (Phi) is 4.98. The summed E-state index contributed by atoms with van der Waals surface area (Å²) in [5.74, 6) is 0.337. The maximum absolute atomic E-state index is 11.6. The monoisotopic (exact) mass is 289 g/mol. The zero-order valence-corrected chi connectivity index (χ0v) is 10.7. The molecule has 15 heavy (non-hydrogen) atoms. The standard InChI is InChI=1S/C10H12BrNO2S/c1-15(14)7-6-12-10(13)8-4-2-3-5-9(8)11/h2-5H,6-7H2,1H3,(H,12,13). The molecule has 0 aromatic heterocycles. The number of amides is 1. The van der Waals surface area contributed by atoms with Crippen LogP contribution < -0.4 is 5.32 Å². The second kappa shape index (κ2) is 6.02. The zero-order valence-electron chi connectivity index (χ0n) is 8.33. The van der Waals surface area contributed by atoms with Gasteiger partial charge in [0.15, 0.2) is 0 Å². The molecule has 1 N–H and O–H groups in total. The number of carbonyl (C=O) groups excluding carboxylic acids is 1. The quantitative estimate of drug-likeness (QED) is 0.914. The summed E-state index contributed by atoms with van der Waals surface area (Å²) in [6.07, 6.45) is 1.62. The minimum atomic E-state index is -0.870. The van der Waals surface area contributed by atoms with Crippen molar-refractivity contribution < 1.29 is 9.00 Å². The van der Waals surface area contributed by atoms with Crippen molar-refractivity contribution in [1.82, 2.24) is 5.32 Å². The summed E-state index contributed by atoms with van der Waals surface area (Å²) in [6, 6.07) is 7.20. The number of hydrogen-bond acceptors (Lipinski definition) is 2. The second-order valence-electron chi connectivity index (χ2n) is 3.01. The van der Waals surface area contributed by atoms with E-state index in [1.807, 2.05) is 12.1 Å². The van der Waals surface area contributed by atoms with Crippen molar-refractivity contribution in [2.24, 2.45) is 0 Å². The SMILES string of the molecule is CS(=O)CCNC(=O)c1ccccc1Br. The highest BCUT2D eigenvalue weighted by atomic mass is 79.9. The number of carbonyl (C=O) groups is 1. The van der Waals surface area contributed by atoms with Gasteiger partial charge in [-0.15, -0.1) is 0 Å². The fourth-order valence-corrected chi connectivity index (χ4v) is 1.90. The Bertz CT molecular complexity index is 381. The summed E-state index contributed by atoms with van der Waals surface area (Å²) in [5.41, 5.74) is 0.597. The van der Waals surface area contributed by atoms with Crippen LogP contribution in [-0.2, 0) is 10.8 Å². The van der Waals surface area contributed by atoms with E-state index in [0.717, 1.165) is 4.47 Å². The van der Waals surface area contributed by atoms with Crippen molar-refractivity contribution in [1.29, 1.82) is 0 Å². The minimum absolute atomic E-state index is 0.145. The van der Waals surface area contributed by atoms with E-state index < -0.39 is 10.8 Å². The lowest BCUT2D eigenvalue weighted by atomic mass is 10.2. The molecular weight excluding hydrogens is 278 g/mol. The van der Waals surface area contributed by atoms with Crippen LogP contribution in [0.15, 0.2) is 28.7 Å². The Labute approximate surface area is 99.8 Å². The summed E-state index contributed by atoms with van der Waals surface area (Å²) < 4.78 is 11.5. The van der Waals surface area contributed by atoms with Crippen molar-refractivity contribution in [2.75, 3.05) is 18.6 Å². The largest absolute Gasteiger partial charge is 0.351 e. The average molecular weight is 290 g/mol. The van der Waals surface area contributed by atoms with Gasteiger partial charge in [0.25, 0.3) is 5.91 Å². The summed E-state index contributed by atoms with van der Waals surface area (Å²) in [5, 5.41) is 2.71. The molecule has 1 atom stereocenters. The Balaban J connectivity index is 2.54. The molecule has 1 aromatic carbocycles. The van der Waals surface area contributed by atoms with Crippen LogP contribution in [0.3, 0.4) is 0 Å². The van der Waals surface area contributed by atoms with E-state index in [4.69, 9.17) is 0 Å². The van der Waals surface area contributed by atoms with Crippen molar-refractivity contribution in [2.45, 2.75) is 0 Å². The third kappa shape index (κ3) is 4.13. The Morgan fingerprint density at radius 3 is 2.73 bits per heavy atom. The smallest absolute Gasteiger partial charge is 0.252 e. The van der Waals surface area contributed by atoms with Gasteiger partial charge in [-0.1, -0.05) is 12.1 Å². The lowest BCUT2D eigenvalue weighted by Crippen LogP contribution is -2.27. The van der Waals surface area contributed by atoms with Gasteiger partial charge in [-0.25, -0.2) is 0 Å². The van der Waals surface area contributed by atoms with Crippen LogP contribution in [0.1, 0.15) is 10.4 Å². The van der Waals surface area contributed by atoms with Gasteiger partial charge in [-0.2, -0.15) is 0 Å². The Hall–Kier alpha value is -0.680. The zero-order chi connectivity index (χ0) is 11.3. The van der Waals surface area contributed by atoms with Gasteiger partial charge < -0.3 is 5.32 Å². The fraction of sp³-hybridized carbons (Fsp3) is 0.300. The number of nitrogens with one attached hydrogen (secondary N) is 1. The predicted octanol–water partition coefficient (Wildman–Crippen LogP) is 1.56. The van der Waals surface area contributed by atoms with E-state index in [2.05, 4.69) is 21.2 Å². The molecule has 1 rings (SSSR count). The average Bonchev–Trinajstić information content (AvgIpc) is 2.17. The lowest BCUT2D eigenvalue weighted by molar-refractivity contribution is 0.0955. The number of benzene rings is 1. The van der Waals surface area contributed by atoms with Crippen LogP contribution in [0.5, 0.6) is 0 Å². The Morgan fingerprint density at radius 1 is 1.47 bits per heavy atom. The lowest BCUT2D eigenvalue weighted by Gasteiger charge is -2.05. The molecular formula is C10H12BrNO2S. The molecule has 0 aliphatic carbocycles. The van der Waals surface area contributed by atoms with Crippen molar-refractivity contribution in [3.05, 3.63) is 34.3 Å². The first kappa shape index (κ1) is 12.4. The van der Waals surface area contributed by atoms with Crippen LogP contribution in [0.4, 0.5) is 0 Å². The van der Waals surface area contributed by atoms with Crippen molar-refractivity contribution in [3.8, 4) is 0 Å². The molecule has 1 unspecified atom stereocenters. The van der Waals surface area contributed by atoms with Gasteiger partial charge in [-0.05, 0) is 28.1 Å². The molecule has 0 spiro atoms. The maximum Gasteiger partial charge on any atom is 0.252 e. The van der Waals surface area contributed by atoms with E-state index in [1.54, 1.807) is 18.4 Å². The van der Waals surface area contributed by atoms with Crippen LogP contribution in [-0.4, -0.2) is 28.7 Å². The van der Waals surface area contributed by atoms with E-state index >= 15 is 0 Å². The van der Waals surface area contributed by atoms with Crippen molar-refractivity contribution in [3.63, 3.8) is 0 Å². The highest BCUT2D eigenvalue weighted by Gasteiger charge is 2.07. The van der Waals surface area contributed by atoms with Crippen LogP contribution in [0.25, 0.3) is 0 Å². The van der Waals surface area contributed by atoms with Gasteiger partial charge in [0.1, 0.15) is 0 Å². The first-order valence-corrected chi connectivity index (χ1v) is 6.96. The van der Waals surface area contributed by atoms with E-state index in [1.165, 1.54) is 0 Å². The van der Waals surface area contributed by atoms with E-state index in [0.29, 0.717) is 17.9 Å². The van der Waals surface area contributed by atoms with Crippen LogP contribution in [0.2, 0.25) is 0 Å². The molecule has 0 bridgehead atoms. The molecule has 0 saturated heterocycles. The summed E-state index contributed by atoms with van der Waals surface area (Å²) >= 11 is 3.30. The summed E-state index contributed by atoms with van der Waals surface area (Å²) in [6.45, 7) is 0.434. The van der Waals surface area contributed by atoms with Crippen LogP contribution >= 0.6 is 15.9 Å². The van der Waals surface area contributed by atoms with Gasteiger partial charge in [0.05, 0.1) is 5.56 Å². The molecule has 1 aromatic rings. The van der Waals surface area contributed by atoms with E-state index in [-0.39, 0.29) is 5.91 Å². The molecule has 1 amide bonds. The highest BCUT2D eigenvalue weighted by Crippen LogP contribution is 2.15. The second-order valence-corrected chi connectivity index (χ2v) is 5.42. The number of halogens is 1. The molecule has 3 nitrogen and oxygen atoms in total. The van der Waals surface area contributed by atoms with Gasteiger partial charge >= 0.3 is 0 Å². The topological polar surface area (TPSA) is 46.2 Å². The molecule has 0 radical (unpaired) electrons. The molecule has 0 saturated carbocycles. The summed E-state index contributed by atoms with van der Waals surface area (Å²) in [7, 11) is -0.870. The minimum Gasteiger partial charge on any atom is -0.351 e. The normalized spacial score (nSPS) is 12.1. The van der Waals surface area contributed by atoms with Crippen molar-refractivity contribution >= 4 is 32.6 Å². The third-order valence-electron chi connectivity index (χ3n) is 1.79. The summed E-state index contributed by atoms with van der Waals surface area (Å²) in [4.78, 5) is 11.6. The Morgan fingerprint density at radius 2 is 2.13 bits per heavy atom. The van der Waals surface area contributed by atoms with Gasteiger partial charge in [0, 0.05) is 33.8 Å².